The average molecular weight is 817 g/mol. The van der Waals surface area contributed by atoms with Crippen LogP contribution >= 0.6 is 23.1 Å². The molecule has 1 atom stereocenters. The van der Waals surface area contributed by atoms with Crippen LogP contribution in [0.25, 0.3) is 33.8 Å². The van der Waals surface area contributed by atoms with E-state index in [2.05, 4.69) is 95.5 Å². The summed E-state index contributed by atoms with van der Waals surface area (Å²) in [5.74, 6) is 3.09. The summed E-state index contributed by atoms with van der Waals surface area (Å²) in [5, 5.41) is 22.6. The lowest BCUT2D eigenvalue weighted by Crippen LogP contribution is -2.33. The first-order chi connectivity index (χ1) is 28.3. The molecule has 0 spiro atoms. The standard InChI is InChI=1S/2C20H24N8S/c1-13-3-5-27(6-4-13)12-16-7-18(29-26-16)25-19-20-21-10-17(15-8-22-23-9-15)28(20)11-14(2)24-19;1-13-4-3-5-27(10-13)12-16-6-18(29-26-16)25-19-20-21-9-17(15-7-22-23-8-15)28(20)11-14(2)24-19/h7-11,13H,3-6,12H2,1-2H3,(H,22,23)(H,24,25);6-9,11,13H,3-5,10,12H2,1-2H3,(H,22,23)(H,24,25). The molecular formula is C40H48N16S2. The summed E-state index contributed by atoms with van der Waals surface area (Å²) < 4.78 is 13.4. The molecule has 0 bridgehead atoms. The van der Waals surface area contributed by atoms with Gasteiger partial charge in [-0.1, -0.05) is 13.8 Å². The predicted molar refractivity (Wildman–Crippen MR) is 229 cm³/mol. The zero-order valence-electron chi connectivity index (χ0n) is 33.2. The molecule has 8 aromatic heterocycles. The Bertz CT molecular complexity index is 2580. The van der Waals surface area contributed by atoms with Gasteiger partial charge in [0.05, 0.1) is 59.0 Å². The van der Waals surface area contributed by atoms with E-state index >= 15 is 0 Å². The quantitative estimate of drug-likeness (QED) is 0.106. The first kappa shape index (κ1) is 38.0. The maximum absolute atomic E-state index is 4.68. The van der Waals surface area contributed by atoms with Crippen LogP contribution in [0.3, 0.4) is 0 Å². The van der Waals surface area contributed by atoms with Gasteiger partial charge in [0.15, 0.2) is 22.9 Å². The fourth-order valence-corrected chi connectivity index (χ4v) is 9.14. The molecule has 10 heterocycles. The van der Waals surface area contributed by atoms with Crippen LogP contribution in [0, 0.1) is 25.7 Å². The number of aryl methyl sites for hydroxylation is 2. The van der Waals surface area contributed by atoms with Gasteiger partial charge in [-0.3, -0.25) is 28.8 Å². The predicted octanol–water partition coefficient (Wildman–Crippen LogP) is 7.72. The van der Waals surface area contributed by atoms with E-state index < -0.39 is 0 Å². The number of fused-ring (bicyclic) bond motifs is 2. The largest absolute Gasteiger partial charge is 0.328 e. The van der Waals surface area contributed by atoms with Gasteiger partial charge < -0.3 is 10.6 Å². The number of nitrogens with one attached hydrogen (secondary N) is 4. The molecule has 8 aromatic rings. The second-order valence-corrected chi connectivity index (χ2v) is 17.3. The number of hydrogen-bond donors (Lipinski definition) is 4. The highest BCUT2D eigenvalue weighted by atomic mass is 32.1. The van der Waals surface area contributed by atoms with E-state index in [9.17, 15) is 0 Å². The molecule has 18 heteroatoms. The van der Waals surface area contributed by atoms with E-state index in [-0.39, 0.29) is 0 Å². The second kappa shape index (κ2) is 16.7. The summed E-state index contributed by atoms with van der Waals surface area (Å²) in [6.45, 7) is 15.1. The second-order valence-electron chi connectivity index (χ2n) is 15.7. The van der Waals surface area contributed by atoms with Crippen molar-refractivity contribution in [3.8, 4) is 22.5 Å². The number of anilines is 4. The van der Waals surface area contributed by atoms with Crippen molar-refractivity contribution in [1.29, 1.82) is 0 Å². The Kier molecular flexibility index (Phi) is 11.0. The lowest BCUT2D eigenvalue weighted by Gasteiger charge is -2.30. The summed E-state index contributed by atoms with van der Waals surface area (Å²) in [6, 6.07) is 4.26. The fourth-order valence-electron chi connectivity index (χ4n) is 7.83. The number of nitrogens with zero attached hydrogens (tertiary/aromatic N) is 12. The van der Waals surface area contributed by atoms with Gasteiger partial charge in [-0.25, -0.2) is 19.9 Å². The molecule has 2 aliphatic rings. The molecule has 58 heavy (non-hydrogen) atoms. The van der Waals surface area contributed by atoms with Gasteiger partial charge in [0, 0.05) is 55.5 Å². The van der Waals surface area contributed by atoms with Crippen molar-refractivity contribution in [3.63, 3.8) is 0 Å². The summed E-state index contributed by atoms with van der Waals surface area (Å²) in [5.41, 5.74) is 9.55. The molecule has 0 amide bonds. The van der Waals surface area contributed by atoms with E-state index in [0.29, 0.717) is 0 Å². The maximum atomic E-state index is 4.68. The topological polar surface area (TPSA) is 174 Å². The van der Waals surface area contributed by atoms with Crippen LogP contribution in [0.1, 0.15) is 62.3 Å². The molecule has 0 aromatic carbocycles. The smallest absolute Gasteiger partial charge is 0.180 e. The van der Waals surface area contributed by atoms with Crippen LogP contribution in [-0.4, -0.2) is 93.9 Å². The summed E-state index contributed by atoms with van der Waals surface area (Å²) in [4.78, 5) is 23.5. The molecule has 2 fully saturated rings. The highest BCUT2D eigenvalue weighted by molar-refractivity contribution is 7.10. The Morgan fingerprint density at radius 2 is 1.21 bits per heavy atom. The van der Waals surface area contributed by atoms with E-state index in [1.54, 1.807) is 12.4 Å². The number of hydrogen-bond acceptors (Lipinski definition) is 14. The number of H-pyrrole nitrogens is 2. The minimum Gasteiger partial charge on any atom is -0.328 e. The van der Waals surface area contributed by atoms with Gasteiger partial charge in [-0.2, -0.15) is 18.9 Å². The molecule has 10 rings (SSSR count). The van der Waals surface area contributed by atoms with Gasteiger partial charge in [0.1, 0.15) is 10.0 Å². The summed E-state index contributed by atoms with van der Waals surface area (Å²) >= 11 is 2.95. The Morgan fingerprint density at radius 1 is 0.672 bits per heavy atom. The molecule has 300 valence electrons. The van der Waals surface area contributed by atoms with Gasteiger partial charge >= 0.3 is 0 Å². The van der Waals surface area contributed by atoms with Crippen molar-refractivity contribution < 1.29 is 0 Å². The molecule has 2 saturated heterocycles. The van der Waals surface area contributed by atoms with Gasteiger partial charge in [-0.05, 0) is 106 Å². The Hall–Kier alpha value is -5.56. The Morgan fingerprint density at radius 3 is 1.71 bits per heavy atom. The van der Waals surface area contributed by atoms with Gasteiger partial charge in [-0.15, -0.1) is 0 Å². The average Bonchev–Trinajstić information content (AvgIpc) is 4.06. The number of likely N-dealkylation sites (tertiary alicyclic amines) is 2. The summed E-state index contributed by atoms with van der Waals surface area (Å²) in [7, 11) is 0. The van der Waals surface area contributed by atoms with E-state index in [1.807, 2.05) is 59.8 Å². The number of imidazole rings is 2. The molecular weight excluding hydrogens is 769 g/mol. The van der Waals surface area contributed by atoms with Crippen LogP contribution in [-0.2, 0) is 13.1 Å². The number of aromatic amines is 2. The van der Waals surface area contributed by atoms with Crippen molar-refractivity contribution in [2.45, 2.75) is 66.5 Å². The normalized spacial score (nSPS) is 16.9. The third-order valence-corrected chi connectivity index (χ3v) is 12.3. The van der Waals surface area contributed by atoms with E-state index in [1.165, 1.54) is 48.7 Å². The van der Waals surface area contributed by atoms with E-state index in [4.69, 9.17) is 0 Å². The number of rotatable bonds is 10. The van der Waals surface area contributed by atoms with Crippen molar-refractivity contribution in [2.24, 2.45) is 11.8 Å². The maximum Gasteiger partial charge on any atom is 0.180 e. The van der Waals surface area contributed by atoms with Crippen molar-refractivity contribution in [3.05, 3.63) is 84.5 Å². The molecule has 0 aliphatic carbocycles. The Balaban J connectivity index is 0.000000150. The van der Waals surface area contributed by atoms with Crippen LogP contribution in [0.5, 0.6) is 0 Å². The molecule has 16 nitrogen and oxygen atoms in total. The van der Waals surface area contributed by atoms with Crippen LogP contribution in [0.4, 0.5) is 21.6 Å². The molecule has 0 radical (unpaired) electrons. The highest BCUT2D eigenvalue weighted by Gasteiger charge is 2.20. The third-order valence-electron chi connectivity index (χ3n) is 10.8. The molecule has 2 aliphatic heterocycles. The Labute approximate surface area is 344 Å². The SMILES string of the molecule is Cc1cn2c(-c3cn[nH]c3)cnc2c(Nc2cc(CN3CCC(C)CC3)ns2)n1.Cc1cn2c(-c3cn[nH]c3)cnc2c(Nc2cc(CN3CCCC(C)C3)ns2)n1. The monoisotopic (exact) mass is 816 g/mol. The number of aromatic nitrogens is 12. The van der Waals surface area contributed by atoms with Gasteiger partial charge in [0.25, 0.3) is 0 Å². The minimum absolute atomic E-state index is 0.738. The molecule has 1 unspecified atom stereocenters. The minimum atomic E-state index is 0.738. The zero-order chi connectivity index (χ0) is 39.6. The van der Waals surface area contributed by atoms with Crippen LogP contribution < -0.4 is 10.6 Å². The lowest BCUT2D eigenvalue weighted by molar-refractivity contribution is 0.175. The summed E-state index contributed by atoms with van der Waals surface area (Å²) in [6.07, 6.45) is 20.2. The third kappa shape index (κ3) is 8.50. The van der Waals surface area contributed by atoms with Crippen LogP contribution in [0.2, 0.25) is 0 Å². The van der Waals surface area contributed by atoms with Crippen LogP contribution in [0.15, 0.2) is 61.7 Å². The number of piperidine rings is 2. The van der Waals surface area contributed by atoms with Gasteiger partial charge in [0.2, 0.25) is 0 Å². The first-order valence-corrected chi connectivity index (χ1v) is 21.4. The first-order valence-electron chi connectivity index (χ1n) is 19.9. The zero-order valence-corrected chi connectivity index (χ0v) is 34.8. The lowest BCUT2D eigenvalue weighted by atomic mass is 9.99. The fraction of sp³-hybridized carbons (Fsp3) is 0.400. The highest BCUT2D eigenvalue weighted by Crippen LogP contribution is 2.30. The molecule has 0 saturated carbocycles. The van der Waals surface area contributed by atoms with Crippen molar-refractivity contribution >= 4 is 56.0 Å². The molecule has 4 N–H and O–H groups in total. The van der Waals surface area contributed by atoms with Crippen molar-refractivity contribution in [2.75, 3.05) is 36.8 Å². The van der Waals surface area contributed by atoms with E-state index in [0.717, 1.165) is 129 Å². The van der Waals surface area contributed by atoms with Crippen molar-refractivity contribution in [1.82, 2.24) is 67.7 Å².